The minimum Gasteiger partial charge on any atom is -0.462 e. The summed E-state index contributed by atoms with van der Waals surface area (Å²) < 4.78 is 5.90. The number of aliphatic hydroxyl groups excluding tert-OH is 2. The van der Waals surface area contributed by atoms with Gasteiger partial charge >= 0.3 is 5.97 Å². The second kappa shape index (κ2) is 46.6. The SMILES string of the molecule is CC/C=C/C=C/C=C/C=C\CCCCCC(CC(=O)NC(CO)C(O)CCCCCCCCCCCCCCCCC)OC(=O)CCCCCCC/C=C\CCCCC. The van der Waals surface area contributed by atoms with Gasteiger partial charge in [-0.15, -0.1) is 0 Å². The van der Waals surface area contributed by atoms with Gasteiger partial charge in [-0.25, -0.2) is 0 Å². The largest absolute Gasteiger partial charge is 0.462 e. The normalized spacial score (nSPS) is 13.8. The molecule has 0 radical (unpaired) electrons. The molecule has 0 heterocycles. The van der Waals surface area contributed by atoms with Crippen LogP contribution in [0, 0.1) is 0 Å². The van der Waals surface area contributed by atoms with Crippen molar-refractivity contribution in [3.05, 3.63) is 60.8 Å². The first-order valence-electron chi connectivity index (χ1n) is 25.1. The van der Waals surface area contributed by atoms with Crippen LogP contribution in [0.5, 0.6) is 0 Å². The Bertz CT molecular complexity index is 1060. The van der Waals surface area contributed by atoms with Crippen molar-refractivity contribution in [2.45, 2.75) is 257 Å². The van der Waals surface area contributed by atoms with E-state index < -0.39 is 18.2 Å². The summed E-state index contributed by atoms with van der Waals surface area (Å²) in [4.78, 5) is 26.1. The average molecular weight is 826 g/mol. The molecule has 3 N–H and O–H groups in total. The highest BCUT2D eigenvalue weighted by Crippen LogP contribution is 2.17. The Kier molecular flexibility index (Phi) is 44.7. The predicted molar refractivity (Wildman–Crippen MR) is 255 cm³/mol. The van der Waals surface area contributed by atoms with Gasteiger partial charge in [-0.3, -0.25) is 9.59 Å². The molecule has 0 bridgehead atoms. The zero-order valence-electron chi connectivity index (χ0n) is 38.9. The van der Waals surface area contributed by atoms with Crippen molar-refractivity contribution < 1.29 is 24.5 Å². The van der Waals surface area contributed by atoms with Crippen LogP contribution in [0.2, 0.25) is 0 Å². The van der Waals surface area contributed by atoms with Crippen LogP contribution in [0.25, 0.3) is 0 Å². The summed E-state index contributed by atoms with van der Waals surface area (Å²) in [6.07, 6.45) is 57.1. The van der Waals surface area contributed by atoms with E-state index in [0.29, 0.717) is 19.3 Å². The van der Waals surface area contributed by atoms with Gasteiger partial charge in [0.25, 0.3) is 0 Å². The van der Waals surface area contributed by atoms with Crippen molar-refractivity contribution in [2.75, 3.05) is 6.61 Å². The third-order valence-electron chi connectivity index (χ3n) is 11.2. The summed E-state index contributed by atoms with van der Waals surface area (Å²) in [5.74, 6) is -0.524. The van der Waals surface area contributed by atoms with E-state index in [2.05, 4.69) is 62.5 Å². The molecule has 0 aliphatic rings. The molecule has 342 valence electrons. The maximum atomic E-state index is 13.2. The fourth-order valence-electron chi connectivity index (χ4n) is 7.38. The lowest BCUT2D eigenvalue weighted by molar-refractivity contribution is -0.151. The molecule has 0 saturated carbocycles. The molecule has 0 aromatic carbocycles. The monoisotopic (exact) mass is 826 g/mol. The van der Waals surface area contributed by atoms with E-state index >= 15 is 0 Å². The van der Waals surface area contributed by atoms with Crippen LogP contribution < -0.4 is 5.32 Å². The Balaban J connectivity index is 4.61. The maximum Gasteiger partial charge on any atom is 0.306 e. The van der Waals surface area contributed by atoms with Gasteiger partial charge in [-0.05, 0) is 70.6 Å². The Labute approximate surface area is 365 Å². The number of carbonyl (C=O) groups excluding carboxylic acids is 2. The number of amides is 1. The van der Waals surface area contributed by atoms with Gasteiger partial charge in [0, 0.05) is 6.42 Å². The van der Waals surface area contributed by atoms with E-state index in [-0.39, 0.29) is 24.9 Å². The fraction of sp³-hybridized carbons (Fsp3) is 0.774. The van der Waals surface area contributed by atoms with Gasteiger partial charge in [0.1, 0.15) is 6.10 Å². The van der Waals surface area contributed by atoms with Crippen LogP contribution in [0.3, 0.4) is 0 Å². The van der Waals surface area contributed by atoms with Crippen LogP contribution in [0.1, 0.15) is 239 Å². The molecule has 0 spiro atoms. The Morgan fingerprint density at radius 2 is 0.932 bits per heavy atom. The molecule has 0 aromatic rings. The molecule has 3 unspecified atom stereocenters. The van der Waals surface area contributed by atoms with Crippen LogP contribution in [-0.4, -0.2) is 46.9 Å². The van der Waals surface area contributed by atoms with E-state index in [0.717, 1.165) is 77.0 Å². The molecular weight excluding hydrogens is 731 g/mol. The summed E-state index contributed by atoms with van der Waals surface area (Å²) in [6.45, 7) is 6.31. The van der Waals surface area contributed by atoms with E-state index in [1.54, 1.807) is 0 Å². The number of aliphatic hydroxyl groups is 2. The quantitative estimate of drug-likeness (QED) is 0.0246. The smallest absolute Gasteiger partial charge is 0.306 e. The molecule has 3 atom stereocenters. The predicted octanol–water partition coefficient (Wildman–Crippen LogP) is 14.8. The van der Waals surface area contributed by atoms with Crippen LogP contribution in [-0.2, 0) is 14.3 Å². The molecular formula is C53H95NO5. The molecule has 0 fully saturated rings. The zero-order valence-corrected chi connectivity index (χ0v) is 38.9. The lowest BCUT2D eigenvalue weighted by atomic mass is 10.0. The van der Waals surface area contributed by atoms with Crippen molar-refractivity contribution in [3.63, 3.8) is 0 Å². The lowest BCUT2D eigenvalue weighted by Crippen LogP contribution is -2.46. The van der Waals surface area contributed by atoms with Crippen molar-refractivity contribution >= 4 is 11.9 Å². The lowest BCUT2D eigenvalue weighted by Gasteiger charge is -2.24. The summed E-state index contributed by atoms with van der Waals surface area (Å²) in [5, 5.41) is 23.7. The van der Waals surface area contributed by atoms with E-state index in [1.807, 2.05) is 24.3 Å². The van der Waals surface area contributed by atoms with Crippen LogP contribution in [0.15, 0.2) is 60.8 Å². The van der Waals surface area contributed by atoms with Crippen molar-refractivity contribution in [2.24, 2.45) is 0 Å². The Hall–Kier alpha value is -2.44. The first kappa shape index (κ1) is 56.6. The molecule has 0 rings (SSSR count). The summed E-state index contributed by atoms with van der Waals surface area (Å²) in [6, 6.07) is -0.717. The molecule has 0 aliphatic heterocycles. The Morgan fingerprint density at radius 3 is 1.49 bits per heavy atom. The standard InChI is InChI=1S/C53H95NO5/c1-4-7-10-13-16-19-22-25-26-28-30-33-36-39-42-45-51(56)50(48-55)54-52(57)47-49(44-41-38-35-32-29-27-23-20-17-14-11-8-5-2)59-53(58)46-43-40-37-34-31-24-21-18-15-12-9-6-3/h8,11,14,17-18,20-21,23,27,29,49-51,55-56H,4-7,9-10,12-13,15-16,19,22,24-26,28,30-48H2,1-3H3,(H,54,57)/b11-8+,17-14+,21-18-,23-20+,29-27-. The molecule has 0 saturated heterocycles. The van der Waals surface area contributed by atoms with Crippen LogP contribution in [0.4, 0.5) is 0 Å². The Morgan fingerprint density at radius 1 is 0.508 bits per heavy atom. The highest BCUT2D eigenvalue weighted by Gasteiger charge is 2.24. The third kappa shape index (κ3) is 42.1. The summed E-state index contributed by atoms with van der Waals surface area (Å²) >= 11 is 0. The van der Waals surface area contributed by atoms with E-state index in [9.17, 15) is 19.8 Å². The van der Waals surface area contributed by atoms with Gasteiger partial charge in [0.05, 0.1) is 25.2 Å². The third-order valence-corrected chi connectivity index (χ3v) is 11.2. The number of nitrogens with one attached hydrogen (secondary N) is 1. The number of carbonyl (C=O) groups is 2. The first-order valence-corrected chi connectivity index (χ1v) is 25.1. The second-order valence-electron chi connectivity index (χ2n) is 16.9. The number of rotatable bonds is 44. The number of hydrogen-bond acceptors (Lipinski definition) is 5. The number of unbranched alkanes of at least 4 members (excludes halogenated alkanes) is 25. The molecule has 6 nitrogen and oxygen atoms in total. The summed E-state index contributed by atoms with van der Waals surface area (Å²) in [5.41, 5.74) is 0. The minimum atomic E-state index is -0.800. The second-order valence-corrected chi connectivity index (χ2v) is 16.9. The highest BCUT2D eigenvalue weighted by atomic mass is 16.5. The molecule has 0 aromatic heterocycles. The number of esters is 1. The minimum absolute atomic E-state index is 0.0472. The number of allylic oxidation sites excluding steroid dienone is 10. The molecule has 6 heteroatoms. The number of ether oxygens (including phenoxy) is 1. The fourth-order valence-corrected chi connectivity index (χ4v) is 7.38. The van der Waals surface area contributed by atoms with Crippen molar-refractivity contribution in [1.29, 1.82) is 0 Å². The van der Waals surface area contributed by atoms with Crippen molar-refractivity contribution in [1.82, 2.24) is 5.32 Å². The molecule has 59 heavy (non-hydrogen) atoms. The van der Waals surface area contributed by atoms with Gasteiger partial charge in [0.2, 0.25) is 5.91 Å². The van der Waals surface area contributed by atoms with Gasteiger partial charge in [-0.2, -0.15) is 0 Å². The van der Waals surface area contributed by atoms with E-state index in [1.165, 1.54) is 116 Å². The van der Waals surface area contributed by atoms with Gasteiger partial charge < -0.3 is 20.3 Å². The van der Waals surface area contributed by atoms with Gasteiger partial charge in [-0.1, -0.05) is 216 Å². The van der Waals surface area contributed by atoms with E-state index in [4.69, 9.17) is 4.74 Å². The number of hydrogen-bond donors (Lipinski definition) is 3. The molecule has 1 amide bonds. The maximum absolute atomic E-state index is 13.2. The molecule has 0 aliphatic carbocycles. The highest BCUT2D eigenvalue weighted by molar-refractivity contribution is 5.77. The summed E-state index contributed by atoms with van der Waals surface area (Å²) in [7, 11) is 0. The topological polar surface area (TPSA) is 95.9 Å². The van der Waals surface area contributed by atoms with Crippen LogP contribution >= 0.6 is 0 Å². The first-order chi connectivity index (χ1) is 29.0. The zero-order chi connectivity index (χ0) is 43.1. The van der Waals surface area contributed by atoms with Gasteiger partial charge in [0.15, 0.2) is 0 Å². The van der Waals surface area contributed by atoms with Crippen molar-refractivity contribution in [3.8, 4) is 0 Å². The average Bonchev–Trinajstić information content (AvgIpc) is 3.23.